The number of urea groups is 1. The molecule has 0 saturated heterocycles. The number of hydrogen-bond acceptors (Lipinski definition) is 5. The number of carboxylic acid groups (broad SMARTS) is 1. The molecule has 0 unspecified atom stereocenters. The predicted molar refractivity (Wildman–Crippen MR) is 73.7 cm³/mol. The molecule has 10 heteroatoms. The van der Waals surface area contributed by atoms with Crippen LogP contribution in [0.25, 0.3) is 6.08 Å². The molecule has 0 aromatic carbocycles. The lowest BCUT2D eigenvalue weighted by Crippen LogP contribution is -2.37. The van der Waals surface area contributed by atoms with Gasteiger partial charge >= 0.3 is 12.0 Å². The van der Waals surface area contributed by atoms with Crippen molar-refractivity contribution in [3.63, 3.8) is 0 Å². The maximum absolute atomic E-state index is 11.9. The molecule has 0 saturated carbocycles. The molecule has 2 amide bonds. The third kappa shape index (κ3) is 6.01. The maximum Gasteiger partial charge on any atom is 0.328 e. The van der Waals surface area contributed by atoms with Crippen molar-refractivity contribution >= 4 is 28.1 Å². The fourth-order valence-corrected chi connectivity index (χ4v) is 2.32. The van der Waals surface area contributed by atoms with Crippen molar-refractivity contribution in [3.8, 4) is 0 Å². The van der Waals surface area contributed by atoms with Crippen LogP contribution in [0.1, 0.15) is 5.56 Å². The zero-order valence-corrected chi connectivity index (χ0v) is 11.6. The number of amides is 2. The molecule has 0 bridgehead atoms. The number of aromatic nitrogens is 1. The first-order valence-corrected chi connectivity index (χ1v) is 7.18. The van der Waals surface area contributed by atoms with Crippen molar-refractivity contribution in [2.45, 2.75) is 4.90 Å². The summed E-state index contributed by atoms with van der Waals surface area (Å²) < 4.78 is 26.1. The minimum Gasteiger partial charge on any atom is -0.478 e. The number of rotatable bonds is 7. The number of primary amides is 1. The lowest BCUT2D eigenvalue weighted by molar-refractivity contribution is -0.131. The number of carbonyl (C=O) groups excluding carboxylic acids is 1. The van der Waals surface area contributed by atoms with E-state index in [1.54, 1.807) is 0 Å². The van der Waals surface area contributed by atoms with Crippen LogP contribution in [-0.4, -0.2) is 43.6 Å². The summed E-state index contributed by atoms with van der Waals surface area (Å²) in [6.45, 7) is 0.00106. The van der Waals surface area contributed by atoms with Gasteiger partial charge in [-0.2, -0.15) is 0 Å². The summed E-state index contributed by atoms with van der Waals surface area (Å²) in [5.74, 6) is -1.15. The van der Waals surface area contributed by atoms with E-state index < -0.39 is 22.0 Å². The highest BCUT2D eigenvalue weighted by atomic mass is 32.2. The number of pyridine rings is 1. The molecular weight excluding hydrogens is 300 g/mol. The largest absolute Gasteiger partial charge is 0.478 e. The van der Waals surface area contributed by atoms with E-state index in [0.29, 0.717) is 5.56 Å². The van der Waals surface area contributed by atoms with Gasteiger partial charge in [-0.3, -0.25) is 4.98 Å². The highest BCUT2D eigenvalue weighted by Crippen LogP contribution is 2.10. The van der Waals surface area contributed by atoms with Gasteiger partial charge in [-0.15, -0.1) is 0 Å². The van der Waals surface area contributed by atoms with Crippen molar-refractivity contribution < 1.29 is 23.1 Å². The van der Waals surface area contributed by atoms with Gasteiger partial charge in [0, 0.05) is 31.6 Å². The molecule has 9 nitrogen and oxygen atoms in total. The molecule has 1 aromatic rings. The first-order valence-electron chi connectivity index (χ1n) is 5.70. The Hall–Kier alpha value is -2.46. The van der Waals surface area contributed by atoms with E-state index in [-0.39, 0.29) is 18.0 Å². The number of nitrogens with two attached hydrogens (primary N) is 1. The molecule has 5 N–H and O–H groups in total. The SMILES string of the molecule is NC(=O)NCCNS(=O)(=O)c1cncc(/C=C/C(=O)O)c1. The van der Waals surface area contributed by atoms with Crippen molar-refractivity contribution in [2.75, 3.05) is 13.1 Å². The Morgan fingerprint density at radius 2 is 2.05 bits per heavy atom. The van der Waals surface area contributed by atoms with Gasteiger partial charge in [0.1, 0.15) is 4.90 Å². The first-order chi connectivity index (χ1) is 9.81. The number of carboxylic acids is 1. The van der Waals surface area contributed by atoms with Crippen LogP contribution in [0, 0.1) is 0 Å². The van der Waals surface area contributed by atoms with Gasteiger partial charge in [0.2, 0.25) is 10.0 Å². The Balaban J connectivity index is 2.76. The molecule has 0 fully saturated rings. The smallest absolute Gasteiger partial charge is 0.328 e. The quantitative estimate of drug-likeness (QED) is 0.379. The molecule has 21 heavy (non-hydrogen) atoms. The number of nitrogens with one attached hydrogen (secondary N) is 2. The van der Waals surface area contributed by atoms with E-state index in [4.69, 9.17) is 10.8 Å². The fraction of sp³-hybridized carbons (Fsp3) is 0.182. The van der Waals surface area contributed by atoms with Gasteiger partial charge in [-0.25, -0.2) is 22.7 Å². The van der Waals surface area contributed by atoms with Crippen LogP contribution >= 0.6 is 0 Å². The van der Waals surface area contributed by atoms with Crippen LogP contribution in [-0.2, 0) is 14.8 Å². The molecule has 0 radical (unpaired) electrons. The second-order valence-corrected chi connectivity index (χ2v) is 5.58. The van der Waals surface area contributed by atoms with Crippen LogP contribution in [0.4, 0.5) is 4.79 Å². The molecule has 0 aliphatic heterocycles. The van der Waals surface area contributed by atoms with Gasteiger partial charge in [-0.05, 0) is 17.7 Å². The van der Waals surface area contributed by atoms with Crippen LogP contribution in [0.3, 0.4) is 0 Å². The average molecular weight is 314 g/mol. The third-order valence-electron chi connectivity index (χ3n) is 2.18. The monoisotopic (exact) mass is 314 g/mol. The first kappa shape index (κ1) is 16.6. The number of aliphatic carboxylic acids is 1. The van der Waals surface area contributed by atoms with E-state index in [9.17, 15) is 18.0 Å². The maximum atomic E-state index is 11.9. The van der Waals surface area contributed by atoms with Crippen LogP contribution in [0.2, 0.25) is 0 Å². The summed E-state index contributed by atoms with van der Waals surface area (Å²) in [5, 5.41) is 10.7. The highest BCUT2D eigenvalue weighted by Gasteiger charge is 2.14. The van der Waals surface area contributed by atoms with Crippen molar-refractivity contribution in [2.24, 2.45) is 5.73 Å². The molecular formula is C11H14N4O5S. The van der Waals surface area contributed by atoms with E-state index >= 15 is 0 Å². The van der Waals surface area contributed by atoms with Crippen molar-refractivity contribution in [1.82, 2.24) is 15.0 Å². The van der Waals surface area contributed by atoms with Crippen LogP contribution in [0.15, 0.2) is 29.4 Å². The fourth-order valence-electron chi connectivity index (χ4n) is 1.30. The van der Waals surface area contributed by atoms with Gasteiger partial charge in [0.25, 0.3) is 0 Å². The standard InChI is InChI=1S/C11H14N4O5S/c12-11(18)14-3-4-15-21(19,20)9-5-8(6-13-7-9)1-2-10(16)17/h1-2,5-7,15H,3-4H2,(H,16,17)(H3,12,14,18)/b2-1+. The Labute approximate surface area is 120 Å². The van der Waals surface area contributed by atoms with E-state index in [1.165, 1.54) is 18.3 Å². The van der Waals surface area contributed by atoms with Crippen molar-refractivity contribution in [1.29, 1.82) is 0 Å². The van der Waals surface area contributed by atoms with Gasteiger partial charge in [0.05, 0.1) is 0 Å². The molecule has 0 aliphatic rings. The predicted octanol–water partition coefficient (Wildman–Crippen LogP) is -0.874. The molecule has 1 rings (SSSR count). The second kappa shape index (κ2) is 7.36. The number of nitrogens with zero attached hydrogens (tertiary/aromatic N) is 1. The number of carbonyl (C=O) groups is 2. The topological polar surface area (TPSA) is 151 Å². The number of hydrogen-bond donors (Lipinski definition) is 4. The molecule has 0 atom stereocenters. The minimum absolute atomic E-state index is 0.0412. The summed E-state index contributed by atoms with van der Waals surface area (Å²) >= 11 is 0. The summed E-state index contributed by atoms with van der Waals surface area (Å²) in [4.78, 5) is 24.5. The van der Waals surface area contributed by atoms with Crippen LogP contribution < -0.4 is 15.8 Å². The van der Waals surface area contributed by atoms with Crippen molar-refractivity contribution in [3.05, 3.63) is 30.1 Å². The normalized spacial score (nSPS) is 11.4. The lowest BCUT2D eigenvalue weighted by Gasteiger charge is -2.07. The average Bonchev–Trinajstić information content (AvgIpc) is 2.41. The summed E-state index contributed by atoms with van der Waals surface area (Å²) in [7, 11) is -3.81. The van der Waals surface area contributed by atoms with E-state index in [1.807, 2.05) is 0 Å². The third-order valence-corrected chi connectivity index (χ3v) is 3.61. The molecule has 1 aromatic heterocycles. The second-order valence-electron chi connectivity index (χ2n) is 3.81. The minimum atomic E-state index is -3.81. The lowest BCUT2D eigenvalue weighted by atomic mass is 10.2. The zero-order valence-electron chi connectivity index (χ0n) is 10.8. The Bertz CT molecular complexity index is 656. The highest BCUT2D eigenvalue weighted by molar-refractivity contribution is 7.89. The summed E-state index contributed by atoms with van der Waals surface area (Å²) in [5.41, 5.74) is 5.17. The van der Waals surface area contributed by atoms with Crippen LogP contribution in [0.5, 0.6) is 0 Å². The number of sulfonamides is 1. The Kier molecular flexibility index (Phi) is 5.81. The van der Waals surface area contributed by atoms with Gasteiger partial charge < -0.3 is 16.2 Å². The van der Waals surface area contributed by atoms with Gasteiger partial charge in [0.15, 0.2) is 0 Å². The van der Waals surface area contributed by atoms with E-state index in [0.717, 1.165) is 12.3 Å². The Morgan fingerprint density at radius 1 is 1.33 bits per heavy atom. The molecule has 114 valence electrons. The Morgan fingerprint density at radius 3 is 2.67 bits per heavy atom. The molecule has 0 aliphatic carbocycles. The molecule has 0 spiro atoms. The summed E-state index contributed by atoms with van der Waals surface area (Å²) in [6, 6.07) is 0.521. The van der Waals surface area contributed by atoms with Gasteiger partial charge in [-0.1, -0.05) is 0 Å². The zero-order chi connectivity index (χ0) is 15.9. The summed E-state index contributed by atoms with van der Waals surface area (Å²) in [6.07, 6.45) is 4.55. The molecule has 1 heterocycles. The van der Waals surface area contributed by atoms with E-state index in [2.05, 4.69) is 15.0 Å².